The molecule has 0 spiro atoms. The number of pyridine rings is 1. The molecule has 0 radical (unpaired) electrons. The van der Waals surface area contributed by atoms with Crippen LogP contribution in [0, 0.1) is 0 Å². The molecule has 0 fully saturated rings. The van der Waals surface area contributed by atoms with E-state index in [-0.39, 0.29) is 11.7 Å². The van der Waals surface area contributed by atoms with E-state index in [4.69, 9.17) is 16.3 Å². The largest absolute Gasteiger partial charge is 0.496 e. The second kappa shape index (κ2) is 8.88. The summed E-state index contributed by atoms with van der Waals surface area (Å²) < 4.78 is 5.31. The van der Waals surface area contributed by atoms with E-state index in [2.05, 4.69) is 15.5 Å². The summed E-state index contributed by atoms with van der Waals surface area (Å²) in [5.41, 5.74) is 4.81. The van der Waals surface area contributed by atoms with Crippen molar-refractivity contribution in [3.05, 3.63) is 65.3 Å². The number of benzene rings is 2. The van der Waals surface area contributed by atoms with Crippen molar-refractivity contribution in [1.29, 1.82) is 0 Å². The standard InChI is InChI=1S/C20H18ClN3O2S/c1-13(16-11-15(21)8-9-17(16)26-2)23-24-19(25)12-27-18-7-3-5-14-6-4-10-22-20(14)18/h3-11H,12H2,1-2H3,(H,24,25)/b23-13-. The monoisotopic (exact) mass is 399 g/mol. The number of fused-ring (bicyclic) bond motifs is 1. The molecule has 3 aromatic rings. The summed E-state index contributed by atoms with van der Waals surface area (Å²) in [6, 6.07) is 15.1. The maximum absolute atomic E-state index is 12.2. The number of amides is 1. The van der Waals surface area contributed by atoms with Gasteiger partial charge < -0.3 is 4.74 Å². The summed E-state index contributed by atoms with van der Waals surface area (Å²) in [6.45, 7) is 1.79. The molecule has 0 aliphatic rings. The number of thioether (sulfide) groups is 1. The van der Waals surface area contributed by atoms with Gasteiger partial charge in [0, 0.05) is 27.1 Å². The zero-order chi connectivity index (χ0) is 19.2. The topological polar surface area (TPSA) is 63.6 Å². The Morgan fingerprint density at radius 1 is 1.26 bits per heavy atom. The molecule has 0 saturated carbocycles. The number of hydrazone groups is 1. The van der Waals surface area contributed by atoms with E-state index < -0.39 is 0 Å². The molecule has 0 saturated heterocycles. The molecule has 27 heavy (non-hydrogen) atoms. The minimum Gasteiger partial charge on any atom is -0.496 e. The normalized spacial score (nSPS) is 11.4. The molecule has 0 aliphatic carbocycles. The van der Waals surface area contributed by atoms with Crippen molar-refractivity contribution in [3.8, 4) is 5.75 Å². The van der Waals surface area contributed by atoms with Crippen molar-refractivity contribution in [2.75, 3.05) is 12.9 Å². The van der Waals surface area contributed by atoms with Crippen molar-refractivity contribution in [3.63, 3.8) is 0 Å². The smallest absolute Gasteiger partial charge is 0.250 e. The third-order valence-electron chi connectivity index (χ3n) is 3.85. The highest BCUT2D eigenvalue weighted by Gasteiger charge is 2.09. The molecule has 2 aromatic carbocycles. The lowest BCUT2D eigenvalue weighted by Crippen LogP contribution is -2.21. The fourth-order valence-corrected chi connectivity index (χ4v) is 3.54. The number of carbonyl (C=O) groups is 1. The molecule has 138 valence electrons. The lowest BCUT2D eigenvalue weighted by Gasteiger charge is -2.09. The van der Waals surface area contributed by atoms with Crippen LogP contribution in [0.25, 0.3) is 10.9 Å². The molecule has 0 atom stereocenters. The second-order valence-electron chi connectivity index (χ2n) is 5.70. The molecular weight excluding hydrogens is 382 g/mol. The van der Waals surface area contributed by atoms with Gasteiger partial charge in [-0.3, -0.25) is 9.78 Å². The van der Waals surface area contributed by atoms with Crippen molar-refractivity contribution in [1.82, 2.24) is 10.4 Å². The Balaban J connectivity index is 1.66. The minimum atomic E-state index is -0.201. The van der Waals surface area contributed by atoms with Gasteiger partial charge in [-0.05, 0) is 37.3 Å². The first-order chi connectivity index (χ1) is 13.1. The van der Waals surface area contributed by atoms with Crippen LogP contribution in [0.4, 0.5) is 0 Å². The van der Waals surface area contributed by atoms with E-state index in [0.717, 1.165) is 21.4 Å². The molecule has 7 heteroatoms. The zero-order valence-corrected chi connectivity index (χ0v) is 16.5. The number of ether oxygens (including phenoxy) is 1. The van der Waals surface area contributed by atoms with E-state index in [1.165, 1.54) is 11.8 Å². The Morgan fingerprint density at radius 2 is 2.07 bits per heavy atom. The fourth-order valence-electron chi connectivity index (χ4n) is 2.54. The Labute approximate surface area is 166 Å². The van der Waals surface area contributed by atoms with Gasteiger partial charge in [-0.25, -0.2) is 5.43 Å². The van der Waals surface area contributed by atoms with Gasteiger partial charge in [-0.2, -0.15) is 5.10 Å². The number of carbonyl (C=O) groups excluding carboxylic acids is 1. The van der Waals surface area contributed by atoms with Gasteiger partial charge in [-0.1, -0.05) is 29.8 Å². The number of methoxy groups -OCH3 is 1. The highest BCUT2D eigenvalue weighted by molar-refractivity contribution is 8.00. The number of hydrogen-bond acceptors (Lipinski definition) is 5. The first-order valence-corrected chi connectivity index (χ1v) is 9.58. The number of aromatic nitrogens is 1. The summed E-state index contributed by atoms with van der Waals surface area (Å²) in [5.74, 6) is 0.679. The van der Waals surface area contributed by atoms with Crippen molar-refractivity contribution < 1.29 is 9.53 Å². The van der Waals surface area contributed by atoms with Crippen LogP contribution in [-0.2, 0) is 4.79 Å². The maximum Gasteiger partial charge on any atom is 0.250 e. The van der Waals surface area contributed by atoms with Crippen molar-refractivity contribution >= 4 is 45.9 Å². The summed E-state index contributed by atoms with van der Waals surface area (Å²) in [4.78, 5) is 17.5. The number of hydrogen-bond donors (Lipinski definition) is 1. The predicted molar refractivity (Wildman–Crippen MR) is 111 cm³/mol. The van der Waals surface area contributed by atoms with E-state index in [1.807, 2.05) is 30.3 Å². The SMILES string of the molecule is COc1ccc(Cl)cc1/C(C)=N\NC(=O)CSc1cccc2cccnc12. The second-order valence-corrected chi connectivity index (χ2v) is 7.15. The third-order valence-corrected chi connectivity index (χ3v) is 5.14. The van der Waals surface area contributed by atoms with Crippen LogP contribution >= 0.6 is 23.4 Å². The van der Waals surface area contributed by atoms with E-state index in [9.17, 15) is 4.79 Å². The lowest BCUT2D eigenvalue weighted by atomic mass is 10.1. The van der Waals surface area contributed by atoms with E-state index in [0.29, 0.717) is 16.5 Å². The Bertz CT molecular complexity index is 1000. The number of halogens is 1. The zero-order valence-electron chi connectivity index (χ0n) is 14.9. The number of para-hydroxylation sites is 1. The van der Waals surface area contributed by atoms with Gasteiger partial charge in [0.15, 0.2) is 0 Å². The Hall–Kier alpha value is -2.57. The average molecular weight is 400 g/mol. The fraction of sp³-hybridized carbons (Fsp3) is 0.150. The van der Waals surface area contributed by atoms with E-state index in [1.54, 1.807) is 38.4 Å². The number of nitrogens with zero attached hydrogens (tertiary/aromatic N) is 2. The lowest BCUT2D eigenvalue weighted by molar-refractivity contribution is -0.118. The molecule has 1 heterocycles. The van der Waals surface area contributed by atoms with Gasteiger partial charge in [0.25, 0.3) is 0 Å². The molecule has 5 nitrogen and oxygen atoms in total. The van der Waals surface area contributed by atoms with Crippen molar-refractivity contribution in [2.45, 2.75) is 11.8 Å². The van der Waals surface area contributed by atoms with Crippen LogP contribution in [0.2, 0.25) is 5.02 Å². The van der Waals surface area contributed by atoms with Crippen LogP contribution in [-0.4, -0.2) is 29.5 Å². The highest BCUT2D eigenvalue weighted by atomic mass is 35.5. The predicted octanol–water partition coefficient (Wildman–Crippen LogP) is 4.53. The van der Waals surface area contributed by atoms with Crippen LogP contribution in [0.1, 0.15) is 12.5 Å². The van der Waals surface area contributed by atoms with Gasteiger partial charge in [0.1, 0.15) is 5.75 Å². The van der Waals surface area contributed by atoms with Crippen LogP contribution in [0.5, 0.6) is 5.75 Å². The number of rotatable bonds is 6. The van der Waals surface area contributed by atoms with E-state index >= 15 is 0 Å². The van der Waals surface area contributed by atoms with Gasteiger partial charge >= 0.3 is 0 Å². The molecule has 1 amide bonds. The van der Waals surface area contributed by atoms with Crippen LogP contribution in [0.15, 0.2) is 64.7 Å². The van der Waals surface area contributed by atoms with Crippen LogP contribution in [0.3, 0.4) is 0 Å². The quantitative estimate of drug-likeness (QED) is 0.376. The molecule has 0 bridgehead atoms. The van der Waals surface area contributed by atoms with Gasteiger partial charge in [0.2, 0.25) is 5.91 Å². The number of nitrogens with one attached hydrogen (secondary N) is 1. The van der Waals surface area contributed by atoms with Gasteiger partial charge in [0.05, 0.1) is 24.1 Å². The molecule has 0 unspecified atom stereocenters. The van der Waals surface area contributed by atoms with Crippen molar-refractivity contribution in [2.24, 2.45) is 5.10 Å². The summed E-state index contributed by atoms with van der Waals surface area (Å²) >= 11 is 7.46. The molecule has 1 aromatic heterocycles. The first-order valence-electron chi connectivity index (χ1n) is 8.22. The highest BCUT2D eigenvalue weighted by Crippen LogP contribution is 2.26. The average Bonchev–Trinajstić information content (AvgIpc) is 2.70. The van der Waals surface area contributed by atoms with Crippen LogP contribution < -0.4 is 10.2 Å². The van der Waals surface area contributed by atoms with Gasteiger partial charge in [-0.15, -0.1) is 11.8 Å². The summed E-state index contributed by atoms with van der Waals surface area (Å²) in [5, 5.41) is 5.79. The Kier molecular flexibility index (Phi) is 6.32. The minimum absolute atomic E-state index is 0.201. The molecule has 0 aliphatic heterocycles. The Morgan fingerprint density at radius 3 is 2.89 bits per heavy atom. The molecule has 3 rings (SSSR count). The maximum atomic E-state index is 12.2. The molecule has 1 N–H and O–H groups in total. The molecular formula is C20H18ClN3O2S. The third kappa shape index (κ3) is 4.78. The first kappa shape index (κ1) is 19.2. The summed E-state index contributed by atoms with van der Waals surface area (Å²) in [7, 11) is 1.58. The summed E-state index contributed by atoms with van der Waals surface area (Å²) in [6.07, 6.45) is 1.75.